The van der Waals surface area contributed by atoms with Crippen molar-refractivity contribution < 1.29 is 40.4 Å². The molecule has 2 aromatic carbocycles. The highest BCUT2D eigenvalue weighted by atomic mass is 32.2. The molecule has 0 saturated carbocycles. The van der Waals surface area contributed by atoms with Crippen molar-refractivity contribution >= 4 is 27.3 Å². The molecule has 4 rings (SSSR count). The third-order valence-corrected chi connectivity index (χ3v) is 6.35. The van der Waals surface area contributed by atoms with Crippen LogP contribution >= 0.6 is 0 Å². The van der Waals surface area contributed by atoms with Crippen molar-refractivity contribution in [1.29, 1.82) is 0 Å². The summed E-state index contributed by atoms with van der Waals surface area (Å²) in [6, 6.07) is 7.98. The Morgan fingerprint density at radius 1 is 1.14 bits per heavy atom. The molecule has 1 unspecified atom stereocenters. The zero-order chi connectivity index (χ0) is 26.8. The van der Waals surface area contributed by atoms with Crippen LogP contribution in [0.4, 0.5) is 33.6 Å². The number of carbonyl (C=O) groups excluding carboxylic acids is 1. The van der Waals surface area contributed by atoms with Gasteiger partial charge in [0, 0.05) is 36.1 Å². The van der Waals surface area contributed by atoms with Gasteiger partial charge in [0.1, 0.15) is 23.0 Å². The summed E-state index contributed by atoms with van der Waals surface area (Å²) in [6.07, 6.45) is -3.06. The number of aromatic nitrogens is 2. The molecule has 0 spiro atoms. The second-order valence-electron chi connectivity index (χ2n) is 8.07. The molecular formula is C23H19F5N4O4S. The number of hydrogen-bond donors (Lipinski definition) is 1. The lowest BCUT2D eigenvalue weighted by atomic mass is 10.1. The van der Waals surface area contributed by atoms with E-state index in [9.17, 15) is 31.0 Å². The molecule has 196 valence electrons. The van der Waals surface area contributed by atoms with Crippen LogP contribution in [0.15, 0.2) is 47.0 Å². The van der Waals surface area contributed by atoms with Gasteiger partial charge in [0.25, 0.3) is 0 Å². The first kappa shape index (κ1) is 26.3. The third kappa shape index (κ3) is 6.70. The predicted octanol–water partition coefficient (Wildman–Crippen LogP) is 5.01. The van der Waals surface area contributed by atoms with Gasteiger partial charge in [-0.15, -0.1) is 0 Å². The number of fused-ring (bicyclic) bond motifs is 6. The molecular weight excluding hydrogens is 523 g/mol. The van der Waals surface area contributed by atoms with Crippen LogP contribution in [-0.4, -0.2) is 45.7 Å². The summed E-state index contributed by atoms with van der Waals surface area (Å²) in [5.41, 5.74) is 0.574. The van der Waals surface area contributed by atoms with E-state index in [2.05, 4.69) is 19.6 Å². The molecule has 0 aliphatic carbocycles. The smallest absolute Gasteiger partial charge is 0.474 e. The quantitative estimate of drug-likeness (QED) is 0.454. The van der Waals surface area contributed by atoms with Gasteiger partial charge in [0.2, 0.25) is 5.95 Å². The molecule has 1 aromatic heterocycles. The standard InChI is InChI=1S/C23H19F5N4O4S/c1-37(34,32-21(33)23(26,27)28)12-13-7-15-10-16(8-13)35-5-2-6-36-19-9-14(24)3-4-17(19)20-18(25)11-29-22(30-15)31-20/h3-4,7-11H,2,5-6,12H2,1H3,(H,29,30,31). The van der Waals surface area contributed by atoms with Crippen LogP contribution in [0.3, 0.4) is 0 Å². The van der Waals surface area contributed by atoms with Gasteiger partial charge >= 0.3 is 12.1 Å². The van der Waals surface area contributed by atoms with Crippen LogP contribution in [0.1, 0.15) is 12.0 Å². The number of nitrogens with zero attached hydrogens (tertiary/aromatic N) is 3. The number of amides is 1. The molecule has 0 fully saturated rings. The number of halogens is 5. The summed E-state index contributed by atoms with van der Waals surface area (Å²) < 4.78 is 93.1. The fraction of sp³-hybridized carbons (Fsp3) is 0.261. The van der Waals surface area contributed by atoms with Crippen molar-refractivity contribution in [2.24, 2.45) is 4.36 Å². The Labute approximate surface area is 208 Å². The second-order valence-corrected chi connectivity index (χ2v) is 10.5. The molecule has 3 aromatic rings. The Morgan fingerprint density at radius 3 is 2.65 bits per heavy atom. The predicted molar refractivity (Wildman–Crippen MR) is 124 cm³/mol. The Morgan fingerprint density at radius 2 is 1.89 bits per heavy atom. The number of carbonyl (C=O) groups is 1. The molecule has 1 aliphatic rings. The Kier molecular flexibility index (Phi) is 7.30. The number of nitrogens with one attached hydrogen (secondary N) is 1. The van der Waals surface area contributed by atoms with Crippen LogP contribution in [0.5, 0.6) is 11.5 Å². The molecule has 1 N–H and O–H groups in total. The Bertz CT molecular complexity index is 1470. The molecule has 0 radical (unpaired) electrons. The topological polar surface area (TPSA) is 103 Å². The highest BCUT2D eigenvalue weighted by Gasteiger charge is 2.39. The zero-order valence-corrected chi connectivity index (χ0v) is 20.0. The van der Waals surface area contributed by atoms with Crippen LogP contribution in [0.25, 0.3) is 11.3 Å². The first-order valence-corrected chi connectivity index (χ1v) is 12.8. The van der Waals surface area contributed by atoms with Crippen LogP contribution < -0.4 is 14.8 Å². The fourth-order valence-corrected chi connectivity index (χ4v) is 4.76. The SMILES string of the molecule is CS(=O)(Cc1cc2cc(c1)OCCCOc1cc(F)ccc1-c1nc(ncc1F)N2)=NC(=O)C(F)(F)F. The summed E-state index contributed by atoms with van der Waals surface area (Å²) in [4.78, 5) is 19.3. The van der Waals surface area contributed by atoms with E-state index in [1.165, 1.54) is 24.3 Å². The summed E-state index contributed by atoms with van der Waals surface area (Å²) in [6.45, 7) is 0.212. The zero-order valence-electron chi connectivity index (χ0n) is 19.1. The minimum atomic E-state index is -5.24. The molecule has 1 aliphatic heterocycles. The minimum absolute atomic E-state index is 0.0685. The summed E-state index contributed by atoms with van der Waals surface area (Å²) >= 11 is 0. The third-order valence-electron chi connectivity index (χ3n) is 4.93. The average molecular weight is 542 g/mol. The van der Waals surface area contributed by atoms with Gasteiger partial charge < -0.3 is 14.8 Å². The van der Waals surface area contributed by atoms with E-state index >= 15 is 0 Å². The van der Waals surface area contributed by atoms with Crippen molar-refractivity contribution in [1.82, 2.24) is 9.97 Å². The first-order valence-electron chi connectivity index (χ1n) is 10.7. The number of hydrogen-bond acceptors (Lipinski definition) is 7. The molecule has 1 atom stereocenters. The van der Waals surface area contributed by atoms with E-state index in [1.807, 2.05) is 0 Å². The van der Waals surface area contributed by atoms with E-state index in [1.54, 1.807) is 0 Å². The van der Waals surface area contributed by atoms with Gasteiger partial charge in [0.05, 0.1) is 34.9 Å². The number of benzene rings is 2. The molecule has 1 amide bonds. The van der Waals surface area contributed by atoms with E-state index in [4.69, 9.17) is 9.47 Å². The molecule has 0 saturated heterocycles. The largest absolute Gasteiger partial charge is 0.493 e. The van der Waals surface area contributed by atoms with Crippen molar-refractivity contribution in [3.05, 3.63) is 59.8 Å². The van der Waals surface area contributed by atoms with Crippen molar-refractivity contribution in [3.8, 4) is 22.8 Å². The van der Waals surface area contributed by atoms with Gasteiger partial charge in [-0.3, -0.25) is 4.79 Å². The van der Waals surface area contributed by atoms with Gasteiger partial charge in [-0.25, -0.2) is 23.0 Å². The summed E-state index contributed by atoms with van der Waals surface area (Å²) in [5.74, 6) is -4.03. The lowest BCUT2D eigenvalue weighted by molar-refractivity contribution is -0.169. The molecule has 37 heavy (non-hydrogen) atoms. The normalized spacial score (nSPS) is 15.1. The van der Waals surface area contributed by atoms with Crippen LogP contribution in [-0.2, 0) is 20.3 Å². The molecule has 2 heterocycles. The van der Waals surface area contributed by atoms with Gasteiger partial charge in [-0.05, 0) is 29.8 Å². The van der Waals surface area contributed by atoms with E-state index in [0.29, 0.717) is 6.42 Å². The highest BCUT2D eigenvalue weighted by Crippen LogP contribution is 2.33. The first-order chi connectivity index (χ1) is 17.4. The van der Waals surface area contributed by atoms with Crippen LogP contribution in [0.2, 0.25) is 0 Å². The van der Waals surface area contributed by atoms with Crippen molar-refractivity contribution in [2.75, 3.05) is 24.8 Å². The average Bonchev–Trinajstić information content (AvgIpc) is 2.78. The second kappa shape index (κ2) is 10.3. The van der Waals surface area contributed by atoms with Gasteiger partial charge in [-0.1, -0.05) is 0 Å². The maximum atomic E-state index is 14.6. The summed E-state index contributed by atoms with van der Waals surface area (Å²) in [7, 11) is -3.60. The lowest BCUT2D eigenvalue weighted by Crippen LogP contribution is -2.22. The summed E-state index contributed by atoms with van der Waals surface area (Å²) in [5, 5.41) is 2.84. The molecule has 8 nitrogen and oxygen atoms in total. The number of anilines is 2. The van der Waals surface area contributed by atoms with Gasteiger partial charge in [0.15, 0.2) is 5.82 Å². The minimum Gasteiger partial charge on any atom is -0.493 e. The Balaban J connectivity index is 1.74. The van der Waals surface area contributed by atoms with Crippen molar-refractivity contribution in [3.63, 3.8) is 0 Å². The van der Waals surface area contributed by atoms with Gasteiger partial charge in [-0.2, -0.15) is 17.5 Å². The number of alkyl halides is 3. The van der Waals surface area contributed by atoms with E-state index in [0.717, 1.165) is 24.6 Å². The molecule has 14 heteroatoms. The monoisotopic (exact) mass is 542 g/mol. The lowest BCUT2D eigenvalue weighted by Gasteiger charge is -2.16. The number of ether oxygens (including phenoxy) is 2. The van der Waals surface area contributed by atoms with E-state index < -0.39 is 39.2 Å². The fourth-order valence-electron chi connectivity index (χ4n) is 3.46. The number of rotatable bonds is 2. The van der Waals surface area contributed by atoms with E-state index in [-0.39, 0.29) is 53.2 Å². The maximum Gasteiger partial charge on any atom is 0.474 e. The Hall–Kier alpha value is -3.81. The molecule has 4 bridgehead atoms. The maximum absolute atomic E-state index is 14.6. The van der Waals surface area contributed by atoms with Crippen molar-refractivity contribution in [2.45, 2.75) is 18.3 Å². The highest BCUT2D eigenvalue weighted by molar-refractivity contribution is 7.92. The van der Waals surface area contributed by atoms with Crippen LogP contribution in [0, 0.1) is 11.6 Å².